The summed E-state index contributed by atoms with van der Waals surface area (Å²) in [5.41, 5.74) is 9.09. The number of aromatic nitrogens is 1. The maximum Gasteiger partial charge on any atom is 0.262 e. The van der Waals surface area contributed by atoms with Gasteiger partial charge in [0.15, 0.2) is 0 Å². The Morgan fingerprint density at radius 3 is 2.42 bits per heavy atom. The van der Waals surface area contributed by atoms with Crippen molar-refractivity contribution in [1.82, 2.24) is 9.88 Å². The minimum atomic E-state index is -0.604. The summed E-state index contributed by atoms with van der Waals surface area (Å²) in [6.07, 6.45) is 0. The quantitative estimate of drug-likeness (QED) is 0.697. The van der Waals surface area contributed by atoms with Crippen molar-refractivity contribution in [2.75, 3.05) is 5.73 Å². The summed E-state index contributed by atoms with van der Waals surface area (Å²) < 4.78 is 1.27. The van der Waals surface area contributed by atoms with Gasteiger partial charge in [-0.05, 0) is 18.6 Å². The molecular formula is C20H15N3O3. The number of fused-ring (bicyclic) bond motifs is 1. The number of carbonyl (C=O) groups is 2. The third-order valence-electron chi connectivity index (χ3n) is 4.43. The van der Waals surface area contributed by atoms with E-state index in [1.165, 1.54) is 4.57 Å². The maximum absolute atomic E-state index is 12.7. The van der Waals surface area contributed by atoms with Crippen molar-refractivity contribution in [3.63, 3.8) is 0 Å². The van der Waals surface area contributed by atoms with Gasteiger partial charge in [0.05, 0.1) is 16.8 Å². The normalized spacial score (nSPS) is 12.8. The van der Waals surface area contributed by atoms with Crippen LogP contribution in [0.25, 0.3) is 16.8 Å². The van der Waals surface area contributed by atoms with Crippen LogP contribution in [0.3, 0.4) is 0 Å². The maximum atomic E-state index is 12.7. The lowest BCUT2D eigenvalue weighted by Gasteiger charge is -2.16. The number of rotatable bonds is 2. The summed E-state index contributed by atoms with van der Waals surface area (Å²) >= 11 is 0. The molecule has 0 radical (unpaired) electrons. The number of nitrogens with one attached hydrogen (secondary N) is 1. The first kappa shape index (κ1) is 15.8. The summed E-state index contributed by atoms with van der Waals surface area (Å²) in [6.45, 7) is 1.98. The van der Waals surface area contributed by atoms with E-state index in [-0.39, 0.29) is 16.9 Å². The highest BCUT2D eigenvalue weighted by Gasteiger charge is 2.32. The minimum Gasteiger partial charge on any atom is -0.384 e. The van der Waals surface area contributed by atoms with Crippen molar-refractivity contribution >= 4 is 17.6 Å². The van der Waals surface area contributed by atoms with Crippen LogP contribution in [0.2, 0.25) is 0 Å². The molecule has 1 aliphatic heterocycles. The predicted octanol–water partition coefficient (Wildman–Crippen LogP) is 2.28. The Hall–Kier alpha value is -3.67. The SMILES string of the molecule is Cc1cccc(-c2ccccc2-n2c(N)c3c(cc2=O)C(=O)NC3=O)c1. The number of nitrogens with zero attached hydrogens (tertiary/aromatic N) is 1. The number of nitrogen functional groups attached to an aromatic ring is 1. The number of anilines is 1. The van der Waals surface area contributed by atoms with Crippen LogP contribution in [-0.4, -0.2) is 16.4 Å². The third kappa shape index (κ3) is 2.31. The van der Waals surface area contributed by atoms with Crippen molar-refractivity contribution in [3.8, 4) is 16.8 Å². The number of carbonyl (C=O) groups excluding carboxylic acids is 2. The zero-order valence-corrected chi connectivity index (χ0v) is 13.9. The Kier molecular flexibility index (Phi) is 3.47. The van der Waals surface area contributed by atoms with Gasteiger partial charge in [-0.15, -0.1) is 0 Å². The van der Waals surface area contributed by atoms with Crippen LogP contribution in [0.5, 0.6) is 0 Å². The number of pyridine rings is 1. The van der Waals surface area contributed by atoms with Gasteiger partial charge in [0.25, 0.3) is 17.4 Å². The van der Waals surface area contributed by atoms with Gasteiger partial charge >= 0.3 is 0 Å². The first-order valence-corrected chi connectivity index (χ1v) is 8.05. The molecule has 4 rings (SSSR count). The van der Waals surface area contributed by atoms with Gasteiger partial charge < -0.3 is 5.73 Å². The molecule has 3 aromatic rings. The average Bonchev–Trinajstić information content (AvgIpc) is 2.89. The Balaban J connectivity index is 2.02. The van der Waals surface area contributed by atoms with Crippen molar-refractivity contribution in [2.24, 2.45) is 0 Å². The number of hydrogen-bond acceptors (Lipinski definition) is 4. The van der Waals surface area contributed by atoms with Crippen LogP contribution in [0, 0.1) is 6.92 Å². The molecule has 0 unspecified atom stereocenters. The van der Waals surface area contributed by atoms with E-state index >= 15 is 0 Å². The highest BCUT2D eigenvalue weighted by Crippen LogP contribution is 2.30. The van der Waals surface area contributed by atoms with Gasteiger partial charge in [-0.3, -0.25) is 24.3 Å². The molecular weight excluding hydrogens is 330 g/mol. The first-order chi connectivity index (χ1) is 12.5. The summed E-state index contributed by atoms with van der Waals surface area (Å²) in [7, 11) is 0. The van der Waals surface area contributed by atoms with E-state index in [4.69, 9.17) is 5.73 Å². The third-order valence-corrected chi connectivity index (χ3v) is 4.43. The van der Waals surface area contributed by atoms with E-state index in [0.29, 0.717) is 5.69 Å². The molecule has 2 aromatic carbocycles. The van der Waals surface area contributed by atoms with Crippen LogP contribution >= 0.6 is 0 Å². The van der Waals surface area contributed by atoms with E-state index in [1.807, 2.05) is 43.3 Å². The first-order valence-electron chi connectivity index (χ1n) is 8.05. The molecule has 0 spiro atoms. The molecule has 6 heteroatoms. The predicted molar refractivity (Wildman–Crippen MR) is 98.4 cm³/mol. The molecule has 1 aliphatic rings. The van der Waals surface area contributed by atoms with Gasteiger partial charge in [-0.2, -0.15) is 0 Å². The van der Waals surface area contributed by atoms with Crippen molar-refractivity contribution < 1.29 is 9.59 Å². The molecule has 0 aliphatic carbocycles. The second-order valence-corrected chi connectivity index (χ2v) is 6.16. The number of aryl methyl sites for hydroxylation is 1. The molecule has 6 nitrogen and oxygen atoms in total. The molecule has 0 saturated heterocycles. The lowest BCUT2D eigenvalue weighted by atomic mass is 10.0. The van der Waals surface area contributed by atoms with Crippen molar-refractivity contribution in [2.45, 2.75) is 6.92 Å². The van der Waals surface area contributed by atoms with Crippen LogP contribution in [-0.2, 0) is 0 Å². The molecule has 26 heavy (non-hydrogen) atoms. The van der Waals surface area contributed by atoms with Crippen LogP contribution < -0.4 is 16.6 Å². The number of amides is 2. The summed E-state index contributed by atoms with van der Waals surface area (Å²) in [6, 6.07) is 16.3. The van der Waals surface area contributed by atoms with E-state index < -0.39 is 17.4 Å². The molecule has 128 valence electrons. The van der Waals surface area contributed by atoms with Gasteiger partial charge in [-0.25, -0.2) is 0 Å². The largest absolute Gasteiger partial charge is 0.384 e. The van der Waals surface area contributed by atoms with Crippen LogP contribution in [0.1, 0.15) is 26.3 Å². The van der Waals surface area contributed by atoms with E-state index in [2.05, 4.69) is 5.32 Å². The fourth-order valence-electron chi connectivity index (χ4n) is 3.25. The number of benzene rings is 2. The average molecular weight is 345 g/mol. The lowest BCUT2D eigenvalue weighted by Crippen LogP contribution is -2.24. The fraction of sp³-hybridized carbons (Fsp3) is 0.0500. The number of nitrogens with two attached hydrogens (primary N) is 1. The number of imide groups is 1. The van der Waals surface area contributed by atoms with E-state index in [0.717, 1.165) is 22.8 Å². The molecule has 0 atom stereocenters. The van der Waals surface area contributed by atoms with Gasteiger partial charge in [0.2, 0.25) is 0 Å². The Bertz CT molecular complexity index is 1150. The zero-order valence-electron chi connectivity index (χ0n) is 13.9. The van der Waals surface area contributed by atoms with Gasteiger partial charge in [0.1, 0.15) is 5.82 Å². The van der Waals surface area contributed by atoms with E-state index in [9.17, 15) is 14.4 Å². The number of para-hydroxylation sites is 1. The molecule has 1 aromatic heterocycles. The van der Waals surface area contributed by atoms with Crippen molar-refractivity contribution in [1.29, 1.82) is 0 Å². The summed E-state index contributed by atoms with van der Waals surface area (Å²) in [4.78, 5) is 36.6. The highest BCUT2D eigenvalue weighted by atomic mass is 16.2. The van der Waals surface area contributed by atoms with Crippen LogP contribution in [0.15, 0.2) is 59.4 Å². The zero-order chi connectivity index (χ0) is 18.4. The Labute approximate surface area is 148 Å². The molecule has 2 amide bonds. The summed E-state index contributed by atoms with van der Waals surface area (Å²) in [5, 5.41) is 2.17. The fourth-order valence-corrected chi connectivity index (χ4v) is 3.25. The molecule has 3 N–H and O–H groups in total. The standard InChI is InChI=1S/C20H15N3O3/c1-11-5-4-6-12(9-11)13-7-2-3-8-15(13)23-16(24)10-14-17(18(23)21)20(26)22-19(14)25/h2-10H,21H2,1H3,(H,22,25,26). The lowest BCUT2D eigenvalue weighted by molar-refractivity contribution is 0.0880. The van der Waals surface area contributed by atoms with E-state index in [1.54, 1.807) is 12.1 Å². The molecule has 0 bridgehead atoms. The number of hydrogen-bond donors (Lipinski definition) is 2. The molecule has 2 heterocycles. The second kappa shape index (κ2) is 5.70. The Morgan fingerprint density at radius 1 is 0.885 bits per heavy atom. The molecule has 0 saturated carbocycles. The monoisotopic (exact) mass is 345 g/mol. The van der Waals surface area contributed by atoms with Gasteiger partial charge in [-0.1, -0.05) is 48.0 Å². The molecule has 0 fully saturated rings. The smallest absolute Gasteiger partial charge is 0.262 e. The van der Waals surface area contributed by atoms with Gasteiger partial charge in [0, 0.05) is 11.6 Å². The topological polar surface area (TPSA) is 94.2 Å². The minimum absolute atomic E-state index is 0.0155. The Morgan fingerprint density at radius 2 is 1.65 bits per heavy atom. The summed E-state index contributed by atoms with van der Waals surface area (Å²) in [5.74, 6) is -1.24. The van der Waals surface area contributed by atoms with Crippen LogP contribution in [0.4, 0.5) is 5.82 Å². The second-order valence-electron chi connectivity index (χ2n) is 6.16. The van der Waals surface area contributed by atoms with Crippen molar-refractivity contribution in [3.05, 3.63) is 81.6 Å². The highest BCUT2D eigenvalue weighted by molar-refractivity contribution is 6.23.